The van der Waals surface area contributed by atoms with Gasteiger partial charge in [0, 0.05) is 5.56 Å². The summed E-state index contributed by atoms with van der Waals surface area (Å²) in [5.41, 5.74) is 3.20. The van der Waals surface area contributed by atoms with E-state index in [9.17, 15) is 0 Å². The fourth-order valence-electron chi connectivity index (χ4n) is 0.851. The number of benzene rings is 1. The maximum atomic E-state index is 8.37. The summed E-state index contributed by atoms with van der Waals surface area (Å²) in [6, 6.07) is 7.93. The Bertz CT molecular complexity index is 281. The largest absolute Gasteiger partial charge is 0.192 e. The highest BCUT2D eigenvalue weighted by Crippen LogP contribution is 2.37. The lowest BCUT2D eigenvalue weighted by molar-refractivity contribution is 1.51. The van der Waals surface area contributed by atoms with Crippen LogP contribution < -0.4 is 0 Å². The van der Waals surface area contributed by atoms with E-state index in [0.29, 0.717) is 0 Å². The molecule has 8 heavy (non-hydrogen) atoms. The lowest BCUT2D eigenvalue weighted by Crippen LogP contribution is -1.57. The quantitative estimate of drug-likeness (QED) is 0.493. The highest BCUT2D eigenvalue weighted by molar-refractivity contribution is 5.86. The first-order valence-corrected chi connectivity index (χ1v) is 2.46. The van der Waals surface area contributed by atoms with E-state index in [2.05, 4.69) is 6.07 Å². The highest BCUT2D eigenvalue weighted by Gasteiger charge is 2.15. The third kappa shape index (κ3) is 0.263. The van der Waals surface area contributed by atoms with Crippen LogP contribution >= 0.6 is 0 Å². The molecule has 0 fully saturated rings. The van der Waals surface area contributed by atoms with E-state index < -0.39 is 0 Å². The Morgan fingerprint density at radius 3 is 2.50 bits per heavy atom. The van der Waals surface area contributed by atoms with Crippen LogP contribution in [0.5, 0.6) is 0 Å². The summed E-state index contributed by atoms with van der Waals surface area (Å²) in [7, 11) is 0. The van der Waals surface area contributed by atoms with Crippen LogP contribution in [0, 0.1) is 11.3 Å². The summed E-state index contributed by atoms with van der Waals surface area (Å²) in [5.74, 6) is 0. The van der Waals surface area contributed by atoms with Gasteiger partial charge in [-0.3, -0.25) is 0 Å². The molecule has 0 radical (unpaired) electrons. The third-order valence-corrected chi connectivity index (χ3v) is 1.37. The van der Waals surface area contributed by atoms with Crippen molar-refractivity contribution in [1.29, 1.82) is 5.26 Å². The zero-order chi connectivity index (χ0) is 5.56. The Morgan fingerprint density at radius 1 is 1.38 bits per heavy atom. The summed E-state index contributed by atoms with van der Waals surface area (Å²) in [5, 5.41) is 8.37. The second kappa shape index (κ2) is 0.924. The van der Waals surface area contributed by atoms with Crippen LogP contribution in [0.3, 0.4) is 0 Å². The Hall–Kier alpha value is -1.29. The minimum atomic E-state index is 0.819. The molecule has 0 N–H and O–H groups in total. The zero-order valence-corrected chi connectivity index (χ0v) is 4.18. The molecule has 2 aliphatic rings. The molecule has 0 saturated heterocycles. The Kier molecular flexibility index (Phi) is 0.425. The van der Waals surface area contributed by atoms with Gasteiger partial charge >= 0.3 is 0 Å². The van der Waals surface area contributed by atoms with E-state index in [0.717, 1.165) is 11.1 Å². The average molecular weight is 101 g/mol. The van der Waals surface area contributed by atoms with Crippen molar-refractivity contribution in [2.75, 3.05) is 0 Å². The molecule has 0 aromatic rings. The molecule has 0 aromatic carbocycles. The van der Waals surface area contributed by atoms with E-state index in [1.807, 2.05) is 18.2 Å². The molecule has 0 saturated carbocycles. The standard InChI is InChI=1S/C7H3N/c8-4-6-2-1-5-3-7(5)6/h1-3H. The molecule has 0 atom stereocenters. The number of rotatable bonds is 0. The minimum Gasteiger partial charge on any atom is -0.192 e. The number of nitriles is 1. The van der Waals surface area contributed by atoms with Gasteiger partial charge < -0.3 is 0 Å². The third-order valence-electron chi connectivity index (χ3n) is 1.37. The van der Waals surface area contributed by atoms with Gasteiger partial charge in [-0.2, -0.15) is 5.26 Å². The molecule has 0 aliphatic heterocycles. The second-order valence-corrected chi connectivity index (χ2v) is 1.87. The fraction of sp³-hybridized carbons (Fsp3) is 0. The fourth-order valence-corrected chi connectivity index (χ4v) is 0.851. The zero-order valence-electron chi connectivity index (χ0n) is 4.18. The second-order valence-electron chi connectivity index (χ2n) is 1.87. The van der Waals surface area contributed by atoms with Gasteiger partial charge in [0.15, 0.2) is 0 Å². The van der Waals surface area contributed by atoms with Gasteiger partial charge in [-0.15, -0.1) is 0 Å². The summed E-state index contributed by atoms with van der Waals surface area (Å²) >= 11 is 0. The Morgan fingerprint density at radius 2 is 2.25 bits per heavy atom. The molecule has 36 valence electrons. The van der Waals surface area contributed by atoms with Gasteiger partial charge in [-0.05, 0) is 17.7 Å². The molecule has 0 heterocycles. The summed E-state index contributed by atoms with van der Waals surface area (Å²) in [6.07, 6.45) is 0. The molecule has 2 aliphatic carbocycles. The van der Waals surface area contributed by atoms with Gasteiger partial charge in [0.2, 0.25) is 0 Å². The lowest BCUT2D eigenvalue weighted by atomic mass is 10.3. The predicted molar refractivity (Wildman–Crippen MR) is 30.2 cm³/mol. The van der Waals surface area contributed by atoms with Crippen LogP contribution in [0.1, 0.15) is 5.56 Å². The molecule has 0 aromatic heterocycles. The van der Waals surface area contributed by atoms with Crippen molar-refractivity contribution in [3.63, 3.8) is 0 Å². The van der Waals surface area contributed by atoms with Crippen LogP contribution in [-0.4, -0.2) is 0 Å². The molecule has 1 nitrogen and oxygen atoms in total. The number of nitrogens with zero attached hydrogens (tertiary/aromatic N) is 1. The first-order valence-electron chi connectivity index (χ1n) is 2.46. The Balaban J connectivity index is 2.68. The van der Waals surface area contributed by atoms with Crippen molar-refractivity contribution in [1.82, 2.24) is 0 Å². The van der Waals surface area contributed by atoms with Crippen LogP contribution in [-0.2, 0) is 0 Å². The number of fused-ring (bicyclic) bond motifs is 1. The molecule has 0 bridgehead atoms. The van der Waals surface area contributed by atoms with Crippen molar-refractivity contribution in [2.45, 2.75) is 0 Å². The molecule has 0 amide bonds. The number of hydrogen-bond donors (Lipinski definition) is 0. The number of hydrogen-bond acceptors (Lipinski definition) is 1. The highest BCUT2D eigenvalue weighted by atomic mass is 14.3. The molecular formula is C7H3N. The summed E-state index contributed by atoms with van der Waals surface area (Å²) in [6.45, 7) is 0. The van der Waals surface area contributed by atoms with Crippen molar-refractivity contribution in [2.24, 2.45) is 0 Å². The molecule has 0 unspecified atom stereocenters. The first-order chi connectivity index (χ1) is 3.92. The Labute approximate surface area is 47.2 Å². The van der Waals surface area contributed by atoms with E-state index in [1.165, 1.54) is 5.56 Å². The maximum Gasteiger partial charge on any atom is 0.0998 e. The van der Waals surface area contributed by atoms with Crippen molar-refractivity contribution in [3.05, 3.63) is 23.8 Å². The van der Waals surface area contributed by atoms with Crippen LogP contribution in [0.25, 0.3) is 11.1 Å². The van der Waals surface area contributed by atoms with Gasteiger partial charge in [0.25, 0.3) is 0 Å². The lowest BCUT2D eigenvalue weighted by Gasteiger charge is -1.68. The van der Waals surface area contributed by atoms with Gasteiger partial charge in [-0.1, -0.05) is 6.07 Å². The van der Waals surface area contributed by atoms with Gasteiger partial charge in [0.1, 0.15) is 0 Å². The average Bonchev–Trinajstić information content (AvgIpc) is 2.46. The van der Waals surface area contributed by atoms with Crippen molar-refractivity contribution >= 4 is 0 Å². The van der Waals surface area contributed by atoms with E-state index in [-0.39, 0.29) is 0 Å². The summed E-state index contributed by atoms with van der Waals surface area (Å²) in [4.78, 5) is 0. The molecule has 0 spiro atoms. The monoisotopic (exact) mass is 101 g/mol. The van der Waals surface area contributed by atoms with Crippen molar-refractivity contribution < 1.29 is 0 Å². The van der Waals surface area contributed by atoms with E-state index >= 15 is 0 Å². The SMILES string of the molecule is N#Cc1ccc2cc1-2. The van der Waals surface area contributed by atoms with Gasteiger partial charge in [-0.25, -0.2) is 0 Å². The normalized spacial score (nSPS) is 10.4. The molecule has 1 heteroatoms. The van der Waals surface area contributed by atoms with Gasteiger partial charge in [0.05, 0.1) is 11.6 Å². The smallest absolute Gasteiger partial charge is 0.0998 e. The molecule has 2 rings (SSSR count). The van der Waals surface area contributed by atoms with Crippen LogP contribution in [0.4, 0.5) is 0 Å². The van der Waals surface area contributed by atoms with Crippen LogP contribution in [0.2, 0.25) is 0 Å². The van der Waals surface area contributed by atoms with E-state index in [4.69, 9.17) is 5.26 Å². The predicted octanol–water partition coefficient (Wildman–Crippen LogP) is 1.54. The summed E-state index contributed by atoms with van der Waals surface area (Å²) < 4.78 is 0. The van der Waals surface area contributed by atoms with Crippen LogP contribution in [0.15, 0.2) is 18.2 Å². The first kappa shape index (κ1) is 3.68. The topological polar surface area (TPSA) is 23.8 Å². The minimum absolute atomic E-state index is 0.819. The van der Waals surface area contributed by atoms with Crippen molar-refractivity contribution in [3.8, 4) is 17.2 Å². The molecular weight excluding hydrogens is 98.1 g/mol. The maximum absolute atomic E-state index is 8.37. The van der Waals surface area contributed by atoms with E-state index in [1.54, 1.807) is 0 Å².